The Labute approximate surface area is 253 Å². The zero-order chi connectivity index (χ0) is 28.9. The fourth-order valence-corrected chi connectivity index (χ4v) is 6.89. The quantitative estimate of drug-likeness (QED) is 0.270. The van der Waals surface area contributed by atoms with E-state index in [1.165, 1.54) is 35.2 Å². The number of halogens is 3. The summed E-state index contributed by atoms with van der Waals surface area (Å²) in [5, 5.41) is 3.50. The minimum absolute atomic E-state index is 0.00498. The maximum Gasteiger partial charge on any atom is 0.264 e. The molecule has 1 fully saturated rings. The minimum Gasteiger partial charge on any atom is -0.352 e. The van der Waals surface area contributed by atoms with Crippen molar-refractivity contribution < 1.29 is 18.0 Å². The molecule has 1 N–H and O–H groups in total. The van der Waals surface area contributed by atoms with Crippen molar-refractivity contribution in [2.75, 3.05) is 10.8 Å². The first-order valence-corrected chi connectivity index (χ1v) is 15.9. The van der Waals surface area contributed by atoms with Gasteiger partial charge in [-0.05, 0) is 67.8 Å². The smallest absolute Gasteiger partial charge is 0.264 e. The Morgan fingerprint density at radius 3 is 2.17 bits per heavy atom. The van der Waals surface area contributed by atoms with E-state index in [4.69, 9.17) is 23.2 Å². The molecular weight excluding hydrogens is 637 g/mol. The van der Waals surface area contributed by atoms with E-state index < -0.39 is 28.5 Å². The van der Waals surface area contributed by atoms with Crippen LogP contribution in [0, 0.1) is 0 Å². The molecule has 1 atom stereocenters. The van der Waals surface area contributed by atoms with Gasteiger partial charge < -0.3 is 10.2 Å². The molecule has 11 heteroatoms. The van der Waals surface area contributed by atoms with Gasteiger partial charge in [0.25, 0.3) is 10.0 Å². The number of anilines is 1. The van der Waals surface area contributed by atoms with E-state index in [0.717, 1.165) is 40.0 Å². The Balaban J connectivity index is 1.69. The van der Waals surface area contributed by atoms with Crippen LogP contribution in [0.3, 0.4) is 0 Å². The number of nitrogens with one attached hydrogen (secondary N) is 1. The zero-order valence-electron chi connectivity index (χ0n) is 21.9. The van der Waals surface area contributed by atoms with Crippen LogP contribution in [0.4, 0.5) is 5.69 Å². The van der Waals surface area contributed by atoms with Crippen molar-refractivity contribution in [3.05, 3.63) is 92.9 Å². The molecule has 4 rings (SSSR count). The number of amides is 2. The van der Waals surface area contributed by atoms with Crippen molar-refractivity contribution in [2.24, 2.45) is 0 Å². The van der Waals surface area contributed by atoms with Crippen LogP contribution in [-0.2, 0) is 26.2 Å². The van der Waals surface area contributed by atoms with E-state index in [1.54, 1.807) is 25.1 Å². The molecule has 2 amide bonds. The second-order valence-electron chi connectivity index (χ2n) is 9.77. The number of hydrogen-bond acceptors (Lipinski definition) is 4. The van der Waals surface area contributed by atoms with E-state index in [0.29, 0.717) is 0 Å². The first kappa shape index (κ1) is 30.4. The molecular formula is C29H30BrCl2N3O4S. The zero-order valence-corrected chi connectivity index (χ0v) is 25.8. The van der Waals surface area contributed by atoms with E-state index in [1.807, 2.05) is 24.3 Å². The van der Waals surface area contributed by atoms with E-state index in [2.05, 4.69) is 21.2 Å². The molecule has 40 heavy (non-hydrogen) atoms. The number of benzene rings is 3. The predicted octanol–water partition coefficient (Wildman–Crippen LogP) is 6.43. The topological polar surface area (TPSA) is 86.8 Å². The average molecular weight is 667 g/mol. The molecule has 0 bridgehead atoms. The van der Waals surface area contributed by atoms with Crippen LogP contribution in [0.15, 0.2) is 82.2 Å². The summed E-state index contributed by atoms with van der Waals surface area (Å²) in [6.07, 6.45) is 3.90. The van der Waals surface area contributed by atoms with Crippen molar-refractivity contribution in [1.29, 1.82) is 0 Å². The first-order valence-electron chi connectivity index (χ1n) is 12.9. The van der Waals surface area contributed by atoms with Gasteiger partial charge in [-0.2, -0.15) is 0 Å². The number of rotatable bonds is 10. The molecule has 1 aliphatic rings. The maximum absolute atomic E-state index is 14.0. The highest BCUT2D eigenvalue weighted by molar-refractivity contribution is 9.10. The molecule has 0 aliphatic heterocycles. The van der Waals surface area contributed by atoms with Crippen LogP contribution < -0.4 is 9.62 Å². The molecule has 0 heterocycles. The van der Waals surface area contributed by atoms with Gasteiger partial charge in [0.2, 0.25) is 11.8 Å². The second-order valence-corrected chi connectivity index (χ2v) is 13.4. The highest BCUT2D eigenvalue weighted by atomic mass is 79.9. The van der Waals surface area contributed by atoms with Gasteiger partial charge in [-0.25, -0.2) is 8.42 Å². The number of carbonyl (C=O) groups excluding carboxylic acids is 2. The molecule has 1 saturated carbocycles. The van der Waals surface area contributed by atoms with Gasteiger partial charge in [0.15, 0.2) is 0 Å². The molecule has 7 nitrogen and oxygen atoms in total. The average Bonchev–Trinajstić information content (AvgIpc) is 3.43. The second kappa shape index (κ2) is 13.4. The fourth-order valence-electron chi connectivity index (χ4n) is 4.69. The van der Waals surface area contributed by atoms with Gasteiger partial charge in [0, 0.05) is 27.1 Å². The summed E-state index contributed by atoms with van der Waals surface area (Å²) < 4.78 is 29.5. The maximum atomic E-state index is 14.0. The monoisotopic (exact) mass is 665 g/mol. The molecule has 0 radical (unpaired) electrons. The van der Waals surface area contributed by atoms with Crippen LogP contribution >= 0.6 is 39.1 Å². The third kappa shape index (κ3) is 7.57. The molecule has 0 spiro atoms. The number of nitrogens with zero attached hydrogens (tertiary/aromatic N) is 2. The van der Waals surface area contributed by atoms with E-state index in [9.17, 15) is 18.0 Å². The standard InChI is InChI=1S/C29H30BrCl2N3O4S/c1-20(29(37)33-25-7-5-6-8-25)34(18-21-11-13-22(30)14-12-21)28(36)19-35(26-16-23(31)15-24(32)17-26)40(38,39)27-9-3-2-4-10-27/h2-4,9-17,20,25H,5-8,18-19H2,1H3,(H,33,37)/t20-/m0/s1. The summed E-state index contributed by atoms with van der Waals surface area (Å²) >= 11 is 15.9. The van der Waals surface area contributed by atoms with Crippen LogP contribution in [0.5, 0.6) is 0 Å². The van der Waals surface area contributed by atoms with Crippen LogP contribution in [-0.4, -0.2) is 43.8 Å². The number of sulfonamides is 1. The summed E-state index contributed by atoms with van der Waals surface area (Å²) in [7, 11) is -4.20. The molecule has 212 valence electrons. The Morgan fingerprint density at radius 1 is 0.975 bits per heavy atom. The minimum atomic E-state index is -4.20. The van der Waals surface area contributed by atoms with E-state index in [-0.39, 0.29) is 39.1 Å². The summed E-state index contributed by atoms with van der Waals surface area (Å²) in [6, 6.07) is 18.8. The lowest BCUT2D eigenvalue weighted by Crippen LogP contribution is -2.52. The van der Waals surface area contributed by atoms with Gasteiger partial charge in [0.05, 0.1) is 10.6 Å². The van der Waals surface area contributed by atoms with E-state index >= 15 is 0 Å². The van der Waals surface area contributed by atoms with Gasteiger partial charge >= 0.3 is 0 Å². The van der Waals surface area contributed by atoms with Crippen molar-refractivity contribution >= 4 is 66.7 Å². The Hall–Kier alpha value is -2.59. The third-order valence-electron chi connectivity index (χ3n) is 6.88. The predicted molar refractivity (Wildman–Crippen MR) is 162 cm³/mol. The number of hydrogen-bond donors (Lipinski definition) is 1. The SMILES string of the molecule is C[C@@H](C(=O)NC1CCCC1)N(Cc1ccc(Br)cc1)C(=O)CN(c1cc(Cl)cc(Cl)c1)S(=O)(=O)c1ccccc1. The lowest BCUT2D eigenvalue weighted by molar-refractivity contribution is -0.139. The Kier molecular flexibility index (Phi) is 10.2. The molecule has 1 aliphatic carbocycles. The van der Waals surface area contributed by atoms with Crippen molar-refractivity contribution in [1.82, 2.24) is 10.2 Å². The summed E-state index contributed by atoms with van der Waals surface area (Å²) in [5.41, 5.74) is 0.932. The molecule has 3 aromatic rings. The largest absolute Gasteiger partial charge is 0.352 e. The first-order chi connectivity index (χ1) is 19.0. The lowest BCUT2D eigenvalue weighted by atomic mass is 10.1. The van der Waals surface area contributed by atoms with Gasteiger partial charge in [-0.1, -0.05) is 82.3 Å². The summed E-state index contributed by atoms with van der Waals surface area (Å²) in [6.45, 7) is 1.21. The summed E-state index contributed by atoms with van der Waals surface area (Å²) in [4.78, 5) is 28.7. The van der Waals surface area contributed by atoms with Gasteiger partial charge in [-0.3, -0.25) is 13.9 Å². The summed E-state index contributed by atoms with van der Waals surface area (Å²) in [5.74, 6) is -0.826. The van der Waals surface area contributed by atoms with Crippen LogP contribution in [0.1, 0.15) is 38.2 Å². The van der Waals surface area contributed by atoms with Gasteiger partial charge in [0.1, 0.15) is 12.6 Å². The number of carbonyl (C=O) groups is 2. The molecule has 0 saturated heterocycles. The van der Waals surface area contributed by atoms with Crippen LogP contribution in [0.2, 0.25) is 10.0 Å². The van der Waals surface area contributed by atoms with Crippen LogP contribution in [0.25, 0.3) is 0 Å². The van der Waals surface area contributed by atoms with Crippen molar-refractivity contribution in [3.8, 4) is 0 Å². The van der Waals surface area contributed by atoms with Crippen molar-refractivity contribution in [3.63, 3.8) is 0 Å². The highest BCUT2D eigenvalue weighted by Gasteiger charge is 2.33. The Bertz CT molecular complexity index is 1430. The third-order valence-corrected chi connectivity index (χ3v) is 9.63. The Morgan fingerprint density at radius 2 is 1.57 bits per heavy atom. The highest BCUT2D eigenvalue weighted by Crippen LogP contribution is 2.30. The lowest BCUT2D eigenvalue weighted by Gasteiger charge is -2.32. The van der Waals surface area contributed by atoms with Crippen molar-refractivity contribution in [2.45, 2.75) is 56.1 Å². The van der Waals surface area contributed by atoms with Gasteiger partial charge in [-0.15, -0.1) is 0 Å². The fraction of sp³-hybridized carbons (Fsp3) is 0.310. The molecule has 0 unspecified atom stereocenters. The normalized spacial score (nSPS) is 14.5. The molecule has 0 aromatic heterocycles. The molecule has 3 aromatic carbocycles.